The molecule has 0 bridgehead atoms. The van der Waals surface area contributed by atoms with Crippen molar-refractivity contribution in [2.24, 2.45) is 0 Å². The summed E-state index contributed by atoms with van der Waals surface area (Å²) in [5.41, 5.74) is 0. The van der Waals surface area contributed by atoms with Crippen molar-refractivity contribution in [3.8, 4) is 0 Å². The van der Waals surface area contributed by atoms with Crippen molar-refractivity contribution < 1.29 is 73.1 Å². The first-order valence-electron chi connectivity index (χ1n) is 3.10. The van der Waals surface area contributed by atoms with Crippen LogP contribution in [0.5, 0.6) is 0 Å². The van der Waals surface area contributed by atoms with Crippen LogP contribution in [0.1, 0.15) is 0 Å². The topological polar surface area (TPSA) is 283 Å². The molecule has 0 fully saturated rings. The van der Waals surface area contributed by atoms with Crippen LogP contribution in [0.4, 0.5) is 0 Å². The van der Waals surface area contributed by atoms with Crippen molar-refractivity contribution in [2.75, 3.05) is 0 Å². The Balaban J connectivity index is -0.000000244. The second-order valence-corrected chi connectivity index (χ2v) is 6.05. The molecule has 0 aliphatic rings. The van der Waals surface area contributed by atoms with Crippen molar-refractivity contribution in [2.45, 2.75) is 0 Å². The molecule has 0 spiro atoms. The van der Waals surface area contributed by atoms with E-state index < -0.39 is 36.4 Å². The maximum atomic E-state index is 9.51. The molecule has 126 valence electrons. The molecule has 0 aromatic heterocycles. The highest BCUT2D eigenvalue weighted by Gasteiger charge is 2.13. The van der Waals surface area contributed by atoms with Crippen LogP contribution in [0.25, 0.3) is 0 Å². The smallest absolute Gasteiger partial charge is 0.303 e. The van der Waals surface area contributed by atoms with E-state index in [2.05, 4.69) is 8.67 Å². The standard InChI is InChI=1S/H2O8S2.2H3O4P/c1-9(2,3)7-8-10(4,5)6;2*1-5(2,3)4/h(H,1,2,3)(H,4,5,6);2*(H3,1,2,3,4). The van der Waals surface area contributed by atoms with Gasteiger partial charge in [0, 0.05) is 0 Å². The number of hydrogen-bond acceptors (Lipinski definition) is 8. The van der Waals surface area contributed by atoms with Gasteiger partial charge in [-0.15, -0.1) is 0 Å². The van der Waals surface area contributed by atoms with Crippen LogP contribution in [0.3, 0.4) is 0 Å². The SMILES string of the molecule is O=P(O)(O)O.O=P(O)(O)O.O=S(=O)(O)OOS(=O)(=O)O. The van der Waals surface area contributed by atoms with E-state index in [-0.39, 0.29) is 0 Å². The molecule has 8 N–H and O–H groups in total. The van der Waals surface area contributed by atoms with Crippen LogP contribution in [0, 0.1) is 0 Å². The van der Waals surface area contributed by atoms with E-state index in [4.69, 9.17) is 47.6 Å². The summed E-state index contributed by atoms with van der Waals surface area (Å²) in [4.78, 5) is 43.1. The molecule has 0 rings (SSSR count). The fourth-order valence-corrected chi connectivity index (χ4v) is 0.632. The predicted molar refractivity (Wildman–Crippen MR) is 53.8 cm³/mol. The molecule has 16 nitrogen and oxygen atoms in total. The summed E-state index contributed by atoms with van der Waals surface area (Å²) >= 11 is 0. The molecule has 0 aliphatic heterocycles. The fraction of sp³-hybridized carbons (Fsp3) is 0. The average molecular weight is 390 g/mol. The Morgan fingerprint density at radius 3 is 0.750 bits per heavy atom. The molecular formula is H8O16P2S2. The van der Waals surface area contributed by atoms with E-state index in [1.165, 1.54) is 0 Å². The first-order chi connectivity index (χ1) is 8.21. The third-order valence-corrected chi connectivity index (χ3v) is 0.766. The molecule has 0 aliphatic carbocycles. The molecular weight excluding hydrogens is 382 g/mol. The van der Waals surface area contributed by atoms with Gasteiger partial charge in [-0.1, -0.05) is 8.67 Å². The number of hydrogen-bond donors (Lipinski definition) is 8. The van der Waals surface area contributed by atoms with Gasteiger partial charge < -0.3 is 29.4 Å². The quantitative estimate of drug-likeness (QED) is 0.101. The van der Waals surface area contributed by atoms with Gasteiger partial charge in [-0.3, -0.25) is 9.11 Å². The first kappa shape index (κ1) is 24.9. The van der Waals surface area contributed by atoms with Gasteiger partial charge in [-0.25, -0.2) is 9.13 Å². The summed E-state index contributed by atoms with van der Waals surface area (Å²) in [6, 6.07) is 0. The van der Waals surface area contributed by atoms with Crippen molar-refractivity contribution in [3.05, 3.63) is 0 Å². The molecule has 0 radical (unpaired) electrons. The Hall–Kier alpha value is -0.0400. The first-order valence-corrected chi connectivity index (χ1v) is 8.96. The summed E-state index contributed by atoms with van der Waals surface area (Å²) in [5.74, 6) is 0. The highest BCUT2D eigenvalue weighted by Crippen LogP contribution is 2.26. The molecule has 0 saturated heterocycles. The molecule has 0 aromatic carbocycles. The molecule has 20 heavy (non-hydrogen) atoms. The van der Waals surface area contributed by atoms with Gasteiger partial charge in [-0.05, 0) is 0 Å². The van der Waals surface area contributed by atoms with Crippen LogP contribution in [-0.2, 0) is 38.6 Å². The number of phosphoric acid groups is 2. The van der Waals surface area contributed by atoms with Crippen LogP contribution in [0.15, 0.2) is 0 Å². The third kappa shape index (κ3) is 107. The highest BCUT2D eigenvalue weighted by molar-refractivity contribution is 7.83. The molecule has 20 heteroatoms. The molecule has 0 saturated carbocycles. The Bertz CT molecular complexity index is 467. The fourth-order valence-electron chi connectivity index (χ4n) is 0.0702. The zero-order chi connectivity index (χ0) is 17.4. The maximum absolute atomic E-state index is 9.51. The zero-order valence-electron chi connectivity index (χ0n) is 8.55. The van der Waals surface area contributed by atoms with E-state index in [0.29, 0.717) is 0 Å². The van der Waals surface area contributed by atoms with Gasteiger partial charge in [0.15, 0.2) is 0 Å². The van der Waals surface area contributed by atoms with Crippen LogP contribution >= 0.6 is 15.6 Å². The van der Waals surface area contributed by atoms with Crippen LogP contribution < -0.4 is 0 Å². The Morgan fingerprint density at radius 2 is 0.700 bits per heavy atom. The lowest BCUT2D eigenvalue weighted by atomic mass is 14.9. The van der Waals surface area contributed by atoms with E-state index in [0.717, 1.165) is 0 Å². The van der Waals surface area contributed by atoms with E-state index in [1.54, 1.807) is 0 Å². The Labute approximate surface area is 110 Å². The lowest BCUT2D eigenvalue weighted by Crippen LogP contribution is -2.10. The monoisotopic (exact) mass is 390 g/mol. The van der Waals surface area contributed by atoms with Gasteiger partial charge in [-0.2, -0.15) is 16.8 Å². The predicted octanol–water partition coefficient (Wildman–Crippen LogP) is -3.32. The van der Waals surface area contributed by atoms with Gasteiger partial charge in [0.25, 0.3) is 0 Å². The lowest BCUT2D eigenvalue weighted by molar-refractivity contribution is -0.105. The van der Waals surface area contributed by atoms with Crippen molar-refractivity contribution >= 4 is 36.4 Å². The summed E-state index contributed by atoms with van der Waals surface area (Å²) in [6.45, 7) is 0. The molecule has 0 amide bonds. The lowest BCUT2D eigenvalue weighted by Gasteiger charge is -1.92. The Morgan fingerprint density at radius 1 is 0.600 bits per heavy atom. The van der Waals surface area contributed by atoms with Crippen molar-refractivity contribution in [3.63, 3.8) is 0 Å². The van der Waals surface area contributed by atoms with Gasteiger partial charge in [0.1, 0.15) is 0 Å². The maximum Gasteiger partial charge on any atom is 0.466 e. The second kappa shape index (κ2) is 9.07. The number of rotatable bonds is 3. The van der Waals surface area contributed by atoms with Crippen molar-refractivity contribution in [1.82, 2.24) is 0 Å². The van der Waals surface area contributed by atoms with Gasteiger partial charge in [0.05, 0.1) is 0 Å². The molecule has 0 atom stereocenters. The summed E-state index contributed by atoms with van der Waals surface area (Å²) < 4.78 is 76.6. The normalized spacial score (nSPS) is 12.6. The summed E-state index contributed by atoms with van der Waals surface area (Å²) in [7, 11) is -19.3. The second-order valence-electron chi connectivity index (χ2n) is 2.02. The van der Waals surface area contributed by atoms with Gasteiger partial charge >= 0.3 is 36.4 Å². The largest absolute Gasteiger partial charge is 0.466 e. The van der Waals surface area contributed by atoms with E-state index >= 15 is 0 Å². The van der Waals surface area contributed by atoms with Crippen LogP contribution in [0.2, 0.25) is 0 Å². The minimum atomic E-state index is -5.02. The third-order valence-electron chi connectivity index (χ3n) is 0.200. The van der Waals surface area contributed by atoms with Crippen LogP contribution in [-0.4, -0.2) is 55.3 Å². The van der Waals surface area contributed by atoms with E-state index in [9.17, 15) is 16.8 Å². The highest BCUT2D eigenvalue weighted by atomic mass is 32.3. The minimum absolute atomic E-state index is 2.78. The molecule has 0 unspecified atom stereocenters. The van der Waals surface area contributed by atoms with E-state index in [1.807, 2.05) is 0 Å². The average Bonchev–Trinajstić information content (AvgIpc) is 1.90. The summed E-state index contributed by atoms with van der Waals surface area (Å²) in [5, 5.41) is 0. The Kier molecular flexibility index (Phi) is 11.3. The zero-order valence-corrected chi connectivity index (χ0v) is 12.0. The van der Waals surface area contributed by atoms with Gasteiger partial charge in [0.2, 0.25) is 0 Å². The minimum Gasteiger partial charge on any atom is -0.303 e. The van der Waals surface area contributed by atoms with Crippen molar-refractivity contribution in [1.29, 1.82) is 0 Å². The summed E-state index contributed by atoms with van der Waals surface area (Å²) in [6.07, 6.45) is 0. The molecule has 0 aromatic rings. The molecule has 0 heterocycles.